The van der Waals surface area contributed by atoms with Gasteiger partial charge in [0, 0.05) is 18.0 Å². The topological polar surface area (TPSA) is 103 Å². The molecular weight excluding hydrogens is 342 g/mol. The van der Waals surface area contributed by atoms with Crippen molar-refractivity contribution in [3.63, 3.8) is 0 Å². The number of aliphatic hydroxyl groups excluding tert-OH is 1. The van der Waals surface area contributed by atoms with Crippen molar-refractivity contribution in [2.75, 3.05) is 24.3 Å². The van der Waals surface area contributed by atoms with Crippen LogP contribution >= 0.6 is 0 Å². The Balaban J connectivity index is 1.66. The van der Waals surface area contributed by atoms with E-state index in [1.165, 1.54) is 6.20 Å². The number of hydrogen-bond donors (Lipinski definition) is 3. The smallest absolute Gasteiger partial charge is 0.224 e. The van der Waals surface area contributed by atoms with Crippen molar-refractivity contribution in [1.82, 2.24) is 9.97 Å². The number of nitrogens with zero attached hydrogens (tertiary/aromatic N) is 3. The second kappa shape index (κ2) is 7.80. The lowest BCUT2D eigenvalue weighted by molar-refractivity contribution is -0.0511. The molecule has 142 valence electrons. The molecule has 0 amide bonds. The molecule has 0 unspecified atom stereocenters. The molecule has 1 saturated carbocycles. The molecule has 1 aromatic heterocycles. The van der Waals surface area contributed by atoms with Crippen molar-refractivity contribution in [2.45, 2.75) is 38.8 Å². The third-order valence-electron chi connectivity index (χ3n) is 5.31. The van der Waals surface area contributed by atoms with Crippen molar-refractivity contribution >= 4 is 11.8 Å². The number of hydrogen-bond acceptors (Lipinski definition) is 7. The monoisotopic (exact) mass is 367 g/mol. The predicted molar refractivity (Wildman–Crippen MR) is 104 cm³/mol. The van der Waals surface area contributed by atoms with Crippen molar-refractivity contribution < 1.29 is 9.84 Å². The van der Waals surface area contributed by atoms with E-state index in [1.54, 1.807) is 7.11 Å². The van der Waals surface area contributed by atoms with E-state index in [2.05, 4.69) is 26.7 Å². The van der Waals surface area contributed by atoms with Gasteiger partial charge in [-0.05, 0) is 24.5 Å². The molecule has 1 fully saturated rings. The van der Waals surface area contributed by atoms with E-state index in [0.717, 1.165) is 17.7 Å². The van der Waals surface area contributed by atoms with Gasteiger partial charge in [0.1, 0.15) is 23.2 Å². The number of methoxy groups -OCH3 is 1. The molecule has 0 radical (unpaired) electrons. The lowest BCUT2D eigenvalue weighted by atomic mass is 9.64. The maximum absolute atomic E-state index is 9.91. The molecule has 1 aliphatic rings. The molecule has 0 spiro atoms. The largest absolute Gasteiger partial charge is 0.496 e. The Kier molecular flexibility index (Phi) is 5.47. The molecule has 2 atom stereocenters. The fourth-order valence-corrected chi connectivity index (χ4v) is 3.19. The summed E-state index contributed by atoms with van der Waals surface area (Å²) >= 11 is 0. The van der Waals surface area contributed by atoms with Crippen LogP contribution in [-0.2, 0) is 6.42 Å². The van der Waals surface area contributed by atoms with Crippen LogP contribution in [0.15, 0.2) is 30.5 Å². The first-order valence-electron chi connectivity index (χ1n) is 9.03. The van der Waals surface area contributed by atoms with Crippen molar-refractivity contribution in [3.8, 4) is 11.8 Å². The average molecular weight is 367 g/mol. The van der Waals surface area contributed by atoms with Gasteiger partial charge in [0.05, 0.1) is 19.4 Å². The summed E-state index contributed by atoms with van der Waals surface area (Å²) in [6.45, 7) is 4.64. The number of benzene rings is 1. The van der Waals surface area contributed by atoms with E-state index >= 15 is 0 Å². The molecule has 27 heavy (non-hydrogen) atoms. The number of anilines is 2. The zero-order valence-corrected chi connectivity index (χ0v) is 15.9. The molecule has 1 aliphatic carbocycles. The maximum atomic E-state index is 9.91. The Morgan fingerprint density at radius 2 is 2.15 bits per heavy atom. The highest BCUT2D eigenvalue weighted by Crippen LogP contribution is 2.42. The SMILES string of the molecule is COc1ccccc1CCNc1ncc(C#N)c(N[C@@H]2C[C@H](O)C2(C)C)n1. The van der Waals surface area contributed by atoms with Crippen LogP contribution in [0.5, 0.6) is 5.75 Å². The summed E-state index contributed by atoms with van der Waals surface area (Å²) in [5, 5.41) is 25.7. The second-order valence-electron chi connectivity index (χ2n) is 7.33. The van der Waals surface area contributed by atoms with E-state index in [4.69, 9.17) is 4.74 Å². The highest BCUT2D eigenvalue weighted by molar-refractivity contribution is 5.54. The Morgan fingerprint density at radius 3 is 2.81 bits per heavy atom. The van der Waals surface area contributed by atoms with Gasteiger partial charge in [0.25, 0.3) is 0 Å². The van der Waals surface area contributed by atoms with Crippen molar-refractivity contribution in [1.29, 1.82) is 5.26 Å². The predicted octanol–water partition coefficient (Wildman–Crippen LogP) is 2.58. The van der Waals surface area contributed by atoms with Gasteiger partial charge < -0.3 is 20.5 Å². The highest BCUT2D eigenvalue weighted by atomic mass is 16.5. The summed E-state index contributed by atoms with van der Waals surface area (Å²) in [6, 6.07) is 10.1. The standard InChI is InChI=1S/C20H25N5O2/c1-20(2)16(10-17(20)26)24-18-14(11-21)12-23-19(25-18)22-9-8-13-6-4-5-7-15(13)27-3/h4-7,12,16-17,26H,8-10H2,1-3H3,(H2,22,23,24,25)/t16-,17+/m1/s1. The minimum Gasteiger partial charge on any atom is -0.496 e. The number of nitrogens with one attached hydrogen (secondary N) is 2. The molecule has 0 saturated heterocycles. The van der Waals surface area contributed by atoms with Gasteiger partial charge in [-0.3, -0.25) is 0 Å². The maximum Gasteiger partial charge on any atom is 0.224 e. The minimum atomic E-state index is -0.346. The Hall–Kier alpha value is -2.85. The molecule has 3 N–H and O–H groups in total. The van der Waals surface area contributed by atoms with Gasteiger partial charge in [0.15, 0.2) is 0 Å². The number of ether oxygens (including phenoxy) is 1. The van der Waals surface area contributed by atoms with Crippen LogP contribution in [-0.4, -0.2) is 40.9 Å². The molecule has 7 nitrogen and oxygen atoms in total. The Morgan fingerprint density at radius 1 is 1.37 bits per heavy atom. The van der Waals surface area contributed by atoms with Crippen LogP contribution in [0.25, 0.3) is 0 Å². The van der Waals surface area contributed by atoms with Crippen LogP contribution in [0.4, 0.5) is 11.8 Å². The molecule has 3 rings (SSSR count). The zero-order chi connectivity index (χ0) is 19.4. The van der Waals surface area contributed by atoms with Crippen LogP contribution in [0.1, 0.15) is 31.4 Å². The van der Waals surface area contributed by atoms with E-state index < -0.39 is 0 Å². The molecular formula is C20H25N5O2. The average Bonchev–Trinajstić information content (AvgIpc) is 2.68. The summed E-state index contributed by atoms with van der Waals surface area (Å²) < 4.78 is 5.36. The van der Waals surface area contributed by atoms with E-state index in [9.17, 15) is 10.4 Å². The summed E-state index contributed by atoms with van der Waals surface area (Å²) in [7, 11) is 1.66. The highest BCUT2D eigenvalue weighted by Gasteiger charge is 2.47. The zero-order valence-electron chi connectivity index (χ0n) is 15.9. The minimum absolute atomic E-state index is 0.0657. The van der Waals surface area contributed by atoms with Gasteiger partial charge in [-0.2, -0.15) is 10.2 Å². The third-order valence-corrected chi connectivity index (χ3v) is 5.31. The normalized spacial score (nSPS) is 20.3. The van der Waals surface area contributed by atoms with Gasteiger partial charge in [0.2, 0.25) is 5.95 Å². The molecule has 1 aromatic carbocycles. The van der Waals surface area contributed by atoms with Crippen LogP contribution in [0.3, 0.4) is 0 Å². The van der Waals surface area contributed by atoms with Crippen molar-refractivity contribution in [3.05, 3.63) is 41.6 Å². The Labute approximate surface area is 159 Å². The number of aromatic nitrogens is 2. The number of rotatable bonds is 7. The summed E-state index contributed by atoms with van der Waals surface area (Å²) in [4.78, 5) is 8.68. The third kappa shape index (κ3) is 3.96. The van der Waals surface area contributed by atoms with E-state index in [1.807, 2.05) is 38.1 Å². The second-order valence-corrected chi connectivity index (χ2v) is 7.33. The first kappa shape index (κ1) is 18.9. The quantitative estimate of drug-likeness (QED) is 0.691. The fourth-order valence-electron chi connectivity index (χ4n) is 3.19. The van der Waals surface area contributed by atoms with Crippen molar-refractivity contribution in [2.24, 2.45) is 5.41 Å². The number of nitriles is 1. The summed E-state index contributed by atoms with van der Waals surface area (Å²) in [6.07, 6.45) is 2.57. The van der Waals surface area contributed by atoms with E-state index in [-0.39, 0.29) is 17.6 Å². The lowest BCUT2D eigenvalue weighted by Gasteiger charge is -2.49. The molecule has 2 aromatic rings. The molecule has 1 heterocycles. The summed E-state index contributed by atoms with van der Waals surface area (Å²) in [5.41, 5.74) is 1.24. The number of aliphatic hydroxyl groups is 1. The Bertz CT molecular complexity index is 847. The van der Waals surface area contributed by atoms with Gasteiger partial charge in [-0.15, -0.1) is 0 Å². The van der Waals surface area contributed by atoms with Crippen LogP contribution < -0.4 is 15.4 Å². The van der Waals surface area contributed by atoms with E-state index in [0.29, 0.717) is 30.3 Å². The van der Waals surface area contributed by atoms with Gasteiger partial charge in [-0.1, -0.05) is 32.0 Å². The lowest BCUT2D eigenvalue weighted by Crippen LogP contribution is -2.57. The molecule has 0 bridgehead atoms. The van der Waals surface area contributed by atoms with Crippen LogP contribution in [0.2, 0.25) is 0 Å². The van der Waals surface area contributed by atoms with Crippen LogP contribution in [0, 0.1) is 16.7 Å². The number of para-hydroxylation sites is 1. The fraction of sp³-hybridized carbons (Fsp3) is 0.450. The first-order valence-corrected chi connectivity index (χ1v) is 9.03. The molecule has 7 heteroatoms. The van der Waals surface area contributed by atoms with Gasteiger partial charge in [-0.25, -0.2) is 4.98 Å². The summed E-state index contributed by atoms with van der Waals surface area (Å²) in [5.74, 6) is 1.81. The van der Waals surface area contributed by atoms with Gasteiger partial charge >= 0.3 is 0 Å². The molecule has 0 aliphatic heterocycles. The first-order chi connectivity index (χ1) is 13.0.